The molecule has 0 aromatic heterocycles. The van der Waals surface area contributed by atoms with Crippen LogP contribution in [0.2, 0.25) is 18.1 Å². The van der Waals surface area contributed by atoms with E-state index in [2.05, 4.69) is 13.8 Å². The molecule has 0 aliphatic carbocycles. The highest BCUT2D eigenvalue weighted by Crippen LogP contribution is 2.29. The summed E-state index contributed by atoms with van der Waals surface area (Å²) in [5, 5.41) is 9.11. The van der Waals surface area contributed by atoms with E-state index in [1.165, 1.54) is 12.1 Å². The van der Waals surface area contributed by atoms with Crippen LogP contribution in [0.25, 0.3) is 0 Å². The predicted molar refractivity (Wildman–Crippen MR) is 91.5 cm³/mol. The lowest BCUT2D eigenvalue weighted by Crippen LogP contribution is -2.37. The van der Waals surface area contributed by atoms with Gasteiger partial charge in [0.05, 0.1) is 17.2 Å². The fourth-order valence-electron chi connectivity index (χ4n) is 1.87. The minimum absolute atomic E-state index is 0.0640. The molecule has 0 heterocycles. The van der Waals surface area contributed by atoms with Crippen molar-refractivity contribution < 1.29 is 23.5 Å². The van der Waals surface area contributed by atoms with Gasteiger partial charge in [-0.2, -0.15) is 0 Å². The maximum Gasteiger partial charge on any atom is 0.337 e. The molecule has 4 radical (unpaired) electrons. The van der Waals surface area contributed by atoms with Gasteiger partial charge in [-0.15, -0.1) is 0 Å². The lowest BCUT2D eigenvalue weighted by Gasteiger charge is -2.33. The summed E-state index contributed by atoms with van der Waals surface area (Å²) in [7, 11) is 0.718. The van der Waals surface area contributed by atoms with Crippen LogP contribution in [0.15, 0.2) is 18.2 Å². The number of rotatable bonds is 10. The number of hydrogen-bond donors (Lipinski definition) is 1. The third-order valence-corrected chi connectivity index (χ3v) is 4.49. The molecule has 8 heteroatoms. The number of hydrogen-bond acceptors (Lipinski definition) is 4. The van der Waals surface area contributed by atoms with Gasteiger partial charge in [0, 0.05) is 5.41 Å². The second-order valence-corrected chi connectivity index (χ2v) is 7.20. The normalized spacial score (nSPS) is 11.7. The largest absolute Gasteiger partial charge is 0.494 e. The first-order valence-corrected chi connectivity index (χ1v) is 10.3. The summed E-state index contributed by atoms with van der Waals surface area (Å²) in [6.07, 6.45) is 0.459. The van der Waals surface area contributed by atoms with Crippen LogP contribution in [-0.4, -0.2) is 43.5 Å². The zero-order valence-electron chi connectivity index (χ0n) is 13.7. The fraction of sp³-hybridized carbons (Fsp3) is 0.533. The maximum atomic E-state index is 10.9. The van der Waals surface area contributed by atoms with Crippen molar-refractivity contribution >= 4 is 37.1 Å². The first-order chi connectivity index (χ1) is 10.8. The van der Waals surface area contributed by atoms with E-state index in [1.54, 1.807) is 6.07 Å². The van der Waals surface area contributed by atoms with E-state index in [0.29, 0.717) is 31.9 Å². The molecule has 0 unspecified atom stereocenters. The molecule has 1 aromatic rings. The van der Waals surface area contributed by atoms with E-state index in [4.69, 9.17) is 30.3 Å². The van der Waals surface area contributed by atoms with Crippen molar-refractivity contribution in [1.82, 2.24) is 0 Å². The highest BCUT2D eigenvalue weighted by Gasteiger charge is 2.30. The highest BCUT2D eigenvalue weighted by molar-refractivity contribution is 6.33. The Labute approximate surface area is 147 Å². The number of carboxylic acid groups (broad SMARTS) is 1. The smallest absolute Gasteiger partial charge is 0.337 e. The van der Waals surface area contributed by atoms with Crippen molar-refractivity contribution in [3.05, 3.63) is 28.8 Å². The van der Waals surface area contributed by atoms with E-state index in [9.17, 15) is 4.79 Å². The van der Waals surface area contributed by atoms with Gasteiger partial charge >= 0.3 is 5.97 Å². The zero-order valence-corrected chi connectivity index (χ0v) is 16.4. The Morgan fingerprint density at radius 1 is 1.30 bits per heavy atom. The molecule has 0 spiro atoms. The molecule has 0 aliphatic rings. The molecule has 126 valence electrons. The Bertz CT molecular complexity index is 519. The summed E-state index contributed by atoms with van der Waals surface area (Å²) in [6, 6.07) is 4.56. The quantitative estimate of drug-likeness (QED) is 0.502. The molecular weight excluding hydrogens is 352 g/mol. The van der Waals surface area contributed by atoms with Crippen LogP contribution >= 0.6 is 11.6 Å². The lowest BCUT2D eigenvalue weighted by atomic mass is 9.89. The Morgan fingerprint density at radius 2 is 1.91 bits per heavy atom. The van der Waals surface area contributed by atoms with E-state index in [-0.39, 0.29) is 22.3 Å². The second-order valence-electron chi connectivity index (χ2n) is 5.51. The SMILES string of the molecule is C[Si]OC(O[Si]C)C(C)(C)CCOc1ccc(C(=O)O)c(Cl)c1. The minimum Gasteiger partial charge on any atom is -0.494 e. The fourth-order valence-corrected chi connectivity index (χ4v) is 3.38. The Kier molecular flexibility index (Phi) is 8.28. The molecule has 0 fully saturated rings. The Hall–Kier alpha value is -0.866. The van der Waals surface area contributed by atoms with Gasteiger partial charge in [0.1, 0.15) is 12.0 Å². The van der Waals surface area contributed by atoms with E-state index >= 15 is 0 Å². The van der Waals surface area contributed by atoms with Crippen molar-refractivity contribution in [2.24, 2.45) is 5.41 Å². The van der Waals surface area contributed by atoms with Gasteiger partial charge < -0.3 is 18.7 Å². The van der Waals surface area contributed by atoms with Crippen molar-refractivity contribution in [2.45, 2.75) is 39.7 Å². The zero-order chi connectivity index (χ0) is 17.5. The molecule has 1 aromatic carbocycles. The van der Waals surface area contributed by atoms with Gasteiger partial charge in [-0.25, -0.2) is 4.79 Å². The Morgan fingerprint density at radius 3 is 2.39 bits per heavy atom. The van der Waals surface area contributed by atoms with Crippen molar-refractivity contribution in [2.75, 3.05) is 6.61 Å². The van der Waals surface area contributed by atoms with Gasteiger partial charge in [-0.05, 0) is 37.7 Å². The number of benzene rings is 1. The number of ether oxygens (including phenoxy) is 1. The summed E-state index contributed by atoms with van der Waals surface area (Å²) in [6.45, 7) is 8.53. The average Bonchev–Trinajstić information content (AvgIpc) is 2.46. The summed E-state index contributed by atoms with van der Waals surface area (Å²) in [5.74, 6) is -0.510. The number of carboxylic acids is 1. The first-order valence-electron chi connectivity index (χ1n) is 7.12. The summed E-state index contributed by atoms with van der Waals surface area (Å²) < 4.78 is 17.0. The first kappa shape index (κ1) is 20.2. The van der Waals surface area contributed by atoms with Crippen molar-refractivity contribution in [3.8, 4) is 5.75 Å². The number of aromatic carboxylic acids is 1. The standard InChI is InChI=1S/C15H21ClO5Si2/c1-15(2,14(20-22-3)21-23-4)7-8-19-10-5-6-11(13(17)18)12(16)9-10/h5-6,9,14H,7-8H2,1-4H3,(H,17,18). The van der Waals surface area contributed by atoms with E-state index in [1.807, 2.05) is 13.1 Å². The monoisotopic (exact) mass is 372 g/mol. The second kappa shape index (κ2) is 9.43. The highest BCUT2D eigenvalue weighted by atomic mass is 35.5. The summed E-state index contributed by atoms with van der Waals surface area (Å²) >= 11 is 5.93. The van der Waals surface area contributed by atoms with E-state index < -0.39 is 5.97 Å². The van der Waals surface area contributed by atoms with Crippen LogP contribution in [0.4, 0.5) is 0 Å². The molecule has 1 rings (SSSR count). The molecule has 0 atom stereocenters. The molecule has 5 nitrogen and oxygen atoms in total. The van der Waals surface area contributed by atoms with Crippen molar-refractivity contribution in [3.63, 3.8) is 0 Å². The molecule has 1 N–H and O–H groups in total. The lowest BCUT2D eigenvalue weighted by molar-refractivity contribution is -0.0854. The van der Waals surface area contributed by atoms with Crippen LogP contribution in [0.1, 0.15) is 30.6 Å². The van der Waals surface area contributed by atoms with Gasteiger partial charge in [-0.1, -0.05) is 25.4 Å². The molecule has 0 saturated heterocycles. The van der Waals surface area contributed by atoms with Gasteiger partial charge in [0.2, 0.25) is 19.5 Å². The van der Waals surface area contributed by atoms with Crippen LogP contribution in [0, 0.1) is 5.41 Å². The molecule has 23 heavy (non-hydrogen) atoms. The van der Waals surface area contributed by atoms with Gasteiger partial charge in [0.15, 0.2) is 0 Å². The summed E-state index contributed by atoms with van der Waals surface area (Å²) in [4.78, 5) is 10.9. The molecule has 0 aliphatic heterocycles. The maximum absolute atomic E-state index is 10.9. The predicted octanol–water partition coefficient (Wildman–Crippen LogP) is 3.53. The summed E-state index contributed by atoms with van der Waals surface area (Å²) in [5.41, 5.74) is -0.134. The number of carbonyl (C=O) groups is 1. The minimum atomic E-state index is -1.05. The molecular formula is C15H21ClO5Si2. The van der Waals surface area contributed by atoms with Crippen LogP contribution in [-0.2, 0) is 8.85 Å². The molecule has 0 bridgehead atoms. The van der Waals surface area contributed by atoms with E-state index in [0.717, 1.165) is 6.42 Å². The molecule has 0 saturated carbocycles. The topological polar surface area (TPSA) is 65.0 Å². The van der Waals surface area contributed by atoms with Gasteiger partial charge in [0.25, 0.3) is 0 Å². The van der Waals surface area contributed by atoms with Crippen LogP contribution < -0.4 is 4.74 Å². The number of halogens is 1. The Balaban J connectivity index is 2.61. The third-order valence-electron chi connectivity index (χ3n) is 3.27. The van der Waals surface area contributed by atoms with Gasteiger partial charge in [-0.3, -0.25) is 0 Å². The third kappa shape index (κ3) is 6.27. The van der Waals surface area contributed by atoms with Crippen LogP contribution in [0.5, 0.6) is 5.75 Å². The average molecular weight is 373 g/mol. The van der Waals surface area contributed by atoms with Crippen LogP contribution in [0.3, 0.4) is 0 Å². The molecule has 0 amide bonds. The van der Waals surface area contributed by atoms with Crippen molar-refractivity contribution in [1.29, 1.82) is 0 Å².